The van der Waals surface area contributed by atoms with E-state index in [1.165, 1.54) is 17.8 Å². The van der Waals surface area contributed by atoms with Crippen LogP contribution < -0.4 is 11.0 Å². The van der Waals surface area contributed by atoms with Crippen molar-refractivity contribution in [1.82, 2.24) is 20.1 Å². The second-order valence-electron chi connectivity index (χ2n) is 5.30. The van der Waals surface area contributed by atoms with Gasteiger partial charge >= 0.3 is 5.69 Å². The Morgan fingerprint density at radius 3 is 2.96 bits per heavy atom. The Kier molecular flexibility index (Phi) is 7.05. The molecular formula is C16H21FN4O2S. The molecule has 0 spiro atoms. The van der Waals surface area contributed by atoms with Crippen molar-refractivity contribution < 1.29 is 9.18 Å². The first-order chi connectivity index (χ1) is 11.6. The average Bonchev–Trinajstić information content (AvgIpc) is 2.93. The van der Waals surface area contributed by atoms with Gasteiger partial charge in [-0.25, -0.2) is 14.3 Å². The fraction of sp³-hybridized carbons (Fsp3) is 0.438. The Morgan fingerprint density at radius 2 is 2.21 bits per heavy atom. The predicted molar refractivity (Wildman–Crippen MR) is 91.6 cm³/mol. The first-order valence-electron chi connectivity index (χ1n) is 7.90. The highest BCUT2D eigenvalue weighted by molar-refractivity contribution is 7.99. The van der Waals surface area contributed by atoms with E-state index in [1.807, 2.05) is 6.92 Å². The Balaban J connectivity index is 1.77. The molecule has 2 aromatic rings. The van der Waals surface area contributed by atoms with Crippen LogP contribution in [0.5, 0.6) is 0 Å². The van der Waals surface area contributed by atoms with Crippen LogP contribution in [0, 0.1) is 5.82 Å². The Bertz CT molecular complexity index is 729. The van der Waals surface area contributed by atoms with Crippen LogP contribution in [-0.2, 0) is 17.8 Å². The number of rotatable bonds is 9. The number of thioether (sulfide) groups is 1. The Hall–Kier alpha value is -2.09. The second-order valence-corrected chi connectivity index (χ2v) is 6.24. The van der Waals surface area contributed by atoms with Crippen molar-refractivity contribution in [2.24, 2.45) is 0 Å². The summed E-state index contributed by atoms with van der Waals surface area (Å²) in [6.07, 6.45) is 2.28. The Morgan fingerprint density at radius 1 is 1.42 bits per heavy atom. The van der Waals surface area contributed by atoms with E-state index in [2.05, 4.69) is 15.5 Å². The molecule has 24 heavy (non-hydrogen) atoms. The number of amides is 1. The van der Waals surface area contributed by atoms with Gasteiger partial charge in [-0.2, -0.15) is 0 Å². The van der Waals surface area contributed by atoms with Crippen LogP contribution in [0.2, 0.25) is 0 Å². The fourth-order valence-electron chi connectivity index (χ4n) is 2.15. The molecule has 130 valence electrons. The molecule has 0 saturated heterocycles. The lowest BCUT2D eigenvalue weighted by atomic mass is 10.1. The van der Waals surface area contributed by atoms with Gasteiger partial charge in [-0.1, -0.05) is 43.3 Å². The van der Waals surface area contributed by atoms with E-state index in [0.29, 0.717) is 30.2 Å². The van der Waals surface area contributed by atoms with Gasteiger partial charge in [0, 0.05) is 13.1 Å². The minimum atomic E-state index is -0.266. The highest BCUT2D eigenvalue weighted by Gasteiger charge is 2.11. The molecule has 2 rings (SSSR count). The SMILES string of the molecule is CCCCn1c(SCC(=O)NCCc2ccccc2F)n[nH]c1=O. The number of nitrogens with zero attached hydrogens (tertiary/aromatic N) is 2. The van der Waals surface area contributed by atoms with E-state index in [1.54, 1.807) is 22.8 Å². The van der Waals surface area contributed by atoms with Crippen LogP contribution in [0.15, 0.2) is 34.2 Å². The van der Waals surface area contributed by atoms with Gasteiger partial charge in [0.05, 0.1) is 5.75 Å². The van der Waals surface area contributed by atoms with Gasteiger partial charge in [0.25, 0.3) is 0 Å². The highest BCUT2D eigenvalue weighted by Crippen LogP contribution is 2.13. The van der Waals surface area contributed by atoms with Crippen molar-refractivity contribution >= 4 is 17.7 Å². The minimum Gasteiger partial charge on any atom is -0.355 e. The molecule has 8 heteroatoms. The lowest BCUT2D eigenvalue weighted by Gasteiger charge is -2.07. The maximum atomic E-state index is 13.5. The van der Waals surface area contributed by atoms with Crippen molar-refractivity contribution in [2.75, 3.05) is 12.3 Å². The summed E-state index contributed by atoms with van der Waals surface area (Å²) in [6.45, 7) is 2.99. The number of nitrogens with one attached hydrogen (secondary N) is 2. The molecule has 6 nitrogen and oxygen atoms in total. The summed E-state index contributed by atoms with van der Waals surface area (Å²) in [5.74, 6) is -0.278. The van der Waals surface area contributed by atoms with Crippen molar-refractivity contribution in [3.05, 3.63) is 46.1 Å². The number of benzene rings is 1. The number of aromatic nitrogens is 3. The van der Waals surface area contributed by atoms with E-state index in [0.717, 1.165) is 12.8 Å². The number of carbonyl (C=O) groups is 1. The topological polar surface area (TPSA) is 79.8 Å². The fourth-order valence-corrected chi connectivity index (χ4v) is 2.95. The summed E-state index contributed by atoms with van der Waals surface area (Å²) < 4.78 is 15.0. The first-order valence-corrected chi connectivity index (χ1v) is 8.88. The highest BCUT2D eigenvalue weighted by atomic mass is 32.2. The molecule has 1 amide bonds. The smallest absolute Gasteiger partial charge is 0.343 e. The van der Waals surface area contributed by atoms with Gasteiger partial charge in [0.1, 0.15) is 5.82 Å². The van der Waals surface area contributed by atoms with Crippen molar-refractivity contribution in [3.63, 3.8) is 0 Å². The summed E-state index contributed by atoms with van der Waals surface area (Å²) in [7, 11) is 0. The number of aromatic amines is 1. The molecule has 1 aromatic carbocycles. The third-order valence-corrected chi connectivity index (χ3v) is 4.44. The molecule has 0 bridgehead atoms. The quantitative estimate of drug-likeness (QED) is 0.676. The third-order valence-electron chi connectivity index (χ3n) is 3.47. The van der Waals surface area contributed by atoms with Crippen LogP contribution in [0.25, 0.3) is 0 Å². The molecule has 0 saturated carbocycles. The predicted octanol–water partition coefficient (Wildman–Crippen LogP) is 1.96. The van der Waals surface area contributed by atoms with Crippen LogP contribution in [0.3, 0.4) is 0 Å². The standard InChI is InChI=1S/C16H21FN4O2S/c1-2-3-10-21-15(23)19-20-16(21)24-11-14(22)18-9-8-12-6-4-5-7-13(12)17/h4-7H,2-3,8-11H2,1H3,(H,18,22)(H,19,23). The van der Waals surface area contributed by atoms with Gasteiger partial charge in [0.15, 0.2) is 5.16 Å². The summed E-state index contributed by atoms with van der Waals surface area (Å²) in [6, 6.07) is 6.51. The number of halogens is 1. The molecule has 0 fully saturated rings. The van der Waals surface area contributed by atoms with Crippen LogP contribution >= 0.6 is 11.8 Å². The zero-order valence-electron chi connectivity index (χ0n) is 13.5. The zero-order chi connectivity index (χ0) is 17.4. The molecule has 0 aliphatic heterocycles. The lowest BCUT2D eigenvalue weighted by molar-refractivity contribution is -0.118. The average molecular weight is 352 g/mol. The van der Waals surface area contributed by atoms with Gasteiger partial charge in [0.2, 0.25) is 5.91 Å². The van der Waals surface area contributed by atoms with E-state index >= 15 is 0 Å². The van der Waals surface area contributed by atoms with E-state index in [4.69, 9.17) is 0 Å². The number of hydrogen-bond donors (Lipinski definition) is 2. The monoisotopic (exact) mass is 352 g/mol. The maximum absolute atomic E-state index is 13.5. The summed E-state index contributed by atoms with van der Waals surface area (Å²) in [5, 5.41) is 9.60. The third kappa shape index (κ3) is 5.23. The van der Waals surface area contributed by atoms with Crippen molar-refractivity contribution in [2.45, 2.75) is 37.9 Å². The molecule has 0 aliphatic rings. The lowest BCUT2D eigenvalue weighted by Crippen LogP contribution is -2.27. The first kappa shape index (κ1) is 18.3. The summed E-state index contributed by atoms with van der Waals surface area (Å²) in [5.41, 5.74) is 0.317. The zero-order valence-corrected chi connectivity index (χ0v) is 14.4. The van der Waals surface area contributed by atoms with E-state index in [-0.39, 0.29) is 23.2 Å². The maximum Gasteiger partial charge on any atom is 0.343 e. The second kappa shape index (κ2) is 9.27. The van der Waals surface area contributed by atoms with Crippen LogP contribution in [0.4, 0.5) is 4.39 Å². The van der Waals surface area contributed by atoms with Gasteiger partial charge in [-0.05, 0) is 24.5 Å². The molecule has 2 N–H and O–H groups in total. The van der Waals surface area contributed by atoms with Crippen LogP contribution in [0.1, 0.15) is 25.3 Å². The molecule has 1 aromatic heterocycles. The number of unbranched alkanes of at least 4 members (excludes halogenated alkanes) is 1. The molecule has 0 aliphatic carbocycles. The number of hydrogen-bond acceptors (Lipinski definition) is 4. The Labute approximate surface area is 143 Å². The van der Waals surface area contributed by atoms with Gasteiger partial charge in [-0.15, -0.1) is 5.10 Å². The largest absolute Gasteiger partial charge is 0.355 e. The number of H-pyrrole nitrogens is 1. The summed E-state index contributed by atoms with van der Waals surface area (Å²) in [4.78, 5) is 23.5. The van der Waals surface area contributed by atoms with Crippen molar-refractivity contribution in [1.29, 1.82) is 0 Å². The van der Waals surface area contributed by atoms with Crippen molar-refractivity contribution in [3.8, 4) is 0 Å². The van der Waals surface area contributed by atoms with E-state index in [9.17, 15) is 14.0 Å². The summed E-state index contributed by atoms with van der Waals surface area (Å²) >= 11 is 1.21. The van der Waals surface area contributed by atoms with Gasteiger partial charge < -0.3 is 5.32 Å². The van der Waals surface area contributed by atoms with E-state index < -0.39 is 0 Å². The molecule has 0 unspecified atom stereocenters. The van der Waals surface area contributed by atoms with Gasteiger partial charge in [-0.3, -0.25) is 9.36 Å². The molecular weight excluding hydrogens is 331 g/mol. The molecule has 1 heterocycles. The molecule has 0 radical (unpaired) electrons. The minimum absolute atomic E-state index is 0.160. The number of carbonyl (C=O) groups excluding carboxylic acids is 1. The normalized spacial score (nSPS) is 10.8. The molecule has 0 atom stereocenters. The van der Waals surface area contributed by atoms with Crippen LogP contribution in [-0.4, -0.2) is 33.0 Å².